The number of hydrogen-bond acceptors (Lipinski definition) is 1. The summed E-state index contributed by atoms with van der Waals surface area (Å²) in [5, 5.41) is 0. The molecule has 136 valence electrons. The van der Waals surface area contributed by atoms with Crippen LogP contribution in [0.3, 0.4) is 0 Å². The molecule has 2 aromatic rings. The molecule has 0 aliphatic carbocycles. The Labute approximate surface area is 161 Å². The standard InChI is InChI=1S/C23H31BrO/c1-13(2)17-10-18(14(3)4)23(19(11-17)15(5)6)20-9-16(7)22(25-8)12-21(20)24/h9-15H,1-8H3. The van der Waals surface area contributed by atoms with E-state index >= 15 is 0 Å². The number of ether oxygens (including phenoxy) is 1. The normalized spacial score (nSPS) is 11.7. The Morgan fingerprint density at radius 3 is 1.72 bits per heavy atom. The monoisotopic (exact) mass is 402 g/mol. The van der Waals surface area contributed by atoms with Gasteiger partial charge in [0.1, 0.15) is 5.75 Å². The van der Waals surface area contributed by atoms with E-state index in [0.717, 1.165) is 15.8 Å². The summed E-state index contributed by atoms with van der Waals surface area (Å²) < 4.78 is 6.59. The van der Waals surface area contributed by atoms with E-state index in [0.29, 0.717) is 17.8 Å². The van der Waals surface area contributed by atoms with E-state index in [1.165, 1.54) is 27.8 Å². The second-order valence-electron chi connectivity index (χ2n) is 7.84. The van der Waals surface area contributed by atoms with Crippen LogP contribution in [0.1, 0.15) is 81.5 Å². The number of benzene rings is 2. The topological polar surface area (TPSA) is 9.23 Å². The number of hydrogen-bond donors (Lipinski definition) is 0. The Hall–Kier alpha value is -1.28. The lowest BCUT2D eigenvalue weighted by atomic mass is 9.81. The Bertz CT molecular complexity index is 728. The molecule has 0 fully saturated rings. The van der Waals surface area contributed by atoms with Crippen LogP contribution in [0.2, 0.25) is 0 Å². The average molecular weight is 403 g/mol. The molecule has 0 saturated heterocycles. The Morgan fingerprint density at radius 1 is 0.800 bits per heavy atom. The van der Waals surface area contributed by atoms with Gasteiger partial charge in [-0.05, 0) is 70.2 Å². The minimum atomic E-state index is 0.473. The van der Waals surface area contributed by atoms with Crippen LogP contribution >= 0.6 is 15.9 Å². The molecule has 0 aliphatic heterocycles. The van der Waals surface area contributed by atoms with Gasteiger partial charge in [-0.15, -0.1) is 0 Å². The fourth-order valence-corrected chi connectivity index (χ4v) is 3.86. The maximum absolute atomic E-state index is 5.49. The first kappa shape index (κ1) is 20.0. The quantitative estimate of drug-likeness (QED) is 0.495. The number of aryl methyl sites for hydroxylation is 1. The molecule has 2 rings (SSSR count). The van der Waals surface area contributed by atoms with Crippen molar-refractivity contribution in [2.24, 2.45) is 0 Å². The van der Waals surface area contributed by atoms with Gasteiger partial charge in [-0.3, -0.25) is 0 Å². The van der Waals surface area contributed by atoms with Crippen LogP contribution in [-0.4, -0.2) is 7.11 Å². The first-order chi connectivity index (χ1) is 11.7. The maximum atomic E-state index is 5.49. The van der Waals surface area contributed by atoms with E-state index in [1.807, 2.05) is 0 Å². The highest BCUT2D eigenvalue weighted by molar-refractivity contribution is 9.10. The second-order valence-corrected chi connectivity index (χ2v) is 8.69. The van der Waals surface area contributed by atoms with Crippen LogP contribution in [0.4, 0.5) is 0 Å². The van der Waals surface area contributed by atoms with Crippen molar-refractivity contribution in [3.05, 3.63) is 51.0 Å². The predicted octanol–water partition coefficient (Wildman–Crippen LogP) is 7.80. The first-order valence-electron chi connectivity index (χ1n) is 9.19. The lowest BCUT2D eigenvalue weighted by Gasteiger charge is -2.24. The number of rotatable bonds is 5. The molecule has 0 unspecified atom stereocenters. The van der Waals surface area contributed by atoms with Crippen LogP contribution in [0, 0.1) is 6.92 Å². The van der Waals surface area contributed by atoms with Crippen molar-refractivity contribution in [3.63, 3.8) is 0 Å². The van der Waals surface area contributed by atoms with Gasteiger partial charge in [0.15, 0.2) is 0 Å². The molecule has 25 heavy (non-hydrogen) atoms. The molecular formula is C23H31BrO. The number of methoxy groups -OCH3 is 1. The molecule has 0 aliphatic rings. The highest BCUT2D eigenvalue weighted by Crippen LogP contribution is 2.43. The van der Waals surface area contributed by atoms with Crippen molar-refractivity contribution in [2.75, 3.05) is 7.11 Å². The third-order valence-electron chi connectivity index (χ3n) is 4.89. The van der Waals surface area contributed by atoms with Crippen molar-refractivity contribution in [2.45, 2.75) is 66.2 Å². The van der Waals surface area contributed by atoms with Crippen LogP contribution in [0.5, 0.6) is 5.75 Å². The fourth-order valence-electron chi connectivity index (χ4n) is 3.34. The molecule has 0 spiro atoms. The van der Waals surface area contributed by atoms with Gasteiger partial charge in [0.25, 0.3) is 0 Å². The lowest BCUT2D eigenvalue weighted by Crippen LogP contribution is -2.04. The predicted molar refractivity (Wildman–Crippen MR) is 113 cm³/mol. The zero-order valence-corrected chi connectivity index (χ0v) is 18.4. The summed E-state index contributed by atoms with van der Waals surface area (Å²) in [5.41, 5.74) is 8.10. The van der Waals surface area contributed by atoms with Crippen LogP contribution in [0.25, 0.3) is 11.1 Å². The molecule has 0 N–H and O–H groups in total. The molecule has 0 amide bonds. The molecule has 0 saturated carbocycles. The van der Waals surface area contributed by atoms with Crippen molar-refractivity contribution in [1.29, 1.82) is 0 Å². The summed E-state index contributed by atoms with van der Waals surface area (Å²) in [5.74, 6) is 2.40. The van der Waals surface area contributed by atoms with Gasteiger partial charge in [0.05, 0.1) is 7.11 Å². The van der Waals surface area contributed by atoms with Crippen LogP contribution in [-0.2, 0) is 0 Å². The van der Waals surface area contributed by atoms with E-state index < -0.39 is 0 Å². The smallest absolute Gasteiger partial charge is 0.122 e. The minimum Gasteiger partial charge on any atom is -0.496 e. The lowest BCUT2D eigenvalue weighted by molar-refractivity contribution is 0.411. The van der Waals surface area contributed by atoms with Crippen LogP contribution < -0.4 is 4.74 Å². The zero-order valence-electron chi connectivity index (χ0n) is 16.8. The van der Waals surface area contributed by atoms with E-state index in [1.54, 1.807) is 7.11 Å². The molecule has 2 heteroatoms. The summed E-state index contributed by atoms with van der Waals surface area (Å²) in [6.07, 6.45) is 0. The summed E-state index contributed by atoms with van der Waals surface area (Å²) >= 11 is 3.79. The van der Waals surface area contributed by atoms with Crippen molar-refractivity contribution in [1.82, 2.24) is 0 Å². The van der Waals surface area contributed by atoms with Gasteiger partial charge in [-0.1, -0.05) is 69.6 Å². The van der Waals surface area contributed by atoms with E-state index in [9.17, 15) is 0 Å². The van der Waals surface area contributed by atoms with Gasteiger partial charge in [-0.2, -0.15) is 0 Å². The van der Waals surface area contributed by atoms with Crippen molar-refractivity contribution in [3.8, 4) is 16.9 Å². The van der Waals surface area contributed by atoms with Gasteiger partial charge in [-0.25, -0.2) is 0 Å². The molecule has 0 radical (unpaired) electrons. The Balaban J connectivity index is 2.86. The third-order valence-corrected chi connectivity index (χ3v) is 5.54. The summed E-state index contributed by atoms with van der Waals surface area (Å²) in [6.45, 7) is 15.8. The highest BCUT2D eigenvalue weighted by Gasteiger charge is 2.20. The minimum absolute atomic E-state index is 0.473. The third kappa shape index (κ3) is 4.11. The van der Waals surface area contributed by atoms with Crippen molar-refractivity contribution < 1.29 is 4.74 Å². The van der Waals surface area contributed by atoms with E-state index in [4.69, 9.17) is 4.74 Å². The zero-order chi connectivity index (χ0) is 18.9. The molecule has 0 atom stereocenters. The Kier molecular flexibility index (Phi) is 6.37. The molecule has 0 heterocycles. The first-order valence-corrected chi connectivity index (χ1v) is 9.98. The SMILES string of the molecule is COc1cc(Br)c(-c2c(C(C)C)cc(C(C)C)cc2C(C)C)cc1C. The fraction of sp³-hybridized carbons (Fsp3) is 0.478. The summed E-state index contributed by atoms with van der Waals surface area (Å²) in [4.78, 5) is 0. The molecule has 1 nitrogen and oxygen atoms in total. The van der Waals surface area contributed by atoms with Gasteiger partial charge >= 0.3 is 0 Å². The van der Waals surface area contributed by atoms with Crippen LogP contribution in [0.15, 0.2) is 28.7 Å². The van der Waals surface area contributed by atoms with E-state index in [-0.39, 0.29) is 0 Å². The molecular weight excluding hydrogens is 372 g/mol. The largest absolute Gasteiger partial charge is 0.496 e. The summed E-state index contributed by atoms with van der Waals surface area (Å²) in [7, 11) is 1.73. The van der Waals surface area contributed by atoms with E-state index in [2.05, 4.69) is 88.7 Å². The Morgan fingerprint density at radius 2 is 1.32 bits per heavy atom. The van der Waals surface area contributed by atoms with Crippen molar-refractivity contribution >= 4 is 15.9 Å². The maximum Gasteiger partial charge on any atom is 0.122 e. The number of halogens is 1. The average Bonchev–Trinajstić information content (AvgIpc) is 2.55. The highest BCUT2D eigenvalue weighted by atomic mass is 79.9. The molecule has 0 bridgehead atoms. The van der Waals surface area contributed by atoms with Gasteiger partial charge in [0.2, 0.25) is 0 Å². The van der Waals surface area contributed by atoms with Gasteiger partial charge in [0, 0.05) is 4.47 Å². The molecule has 0 aromatic heterocycles. The van der Waals surface area contributed by atoms with Gasteiger partial charge < -0.3 is 4.74 Å². The second kappa shape index (κ2) is 7.95. The molecule has 2 aromatic carbocycles. The summed E-state index contributed by atoms with van der Waals surface area (Å²) in [6, 6.07) is 9.16.